The minimum Gasteiger partial charge on any atom is -0.329 e. The summed E-state index contributed by atoms with van der Waals surface area (Å²) in [6.45, 7) is 5.23. The van der Waals surface area contributed by atoms with Crippen LogP contribution in [-0.2, 0) is 4.79 Å². The van der Waals surface area contributed by atoms with E-state index >= 15 is 0 Å². The fraction of sp³-hybridized carbons (Fsp3) is 0.348. The normalized spacial score (nSPS) is 11.1. The summed E-state index contributed by atoms with van der Waals surface area (Å²) in [7, 11) is 3.99. The maximum absolute atomic E-state index is 13.2. The summed E-state index contributed by atoms with van der Waals surface area (Å²) >= 11 is 1.44. The molecule has 3 rings (SSSR count). The van der Waals surface area contributed by atoms with E-state index < -0.39 is 0 Å². The number of nitrogens with one attached hydrogen (secondary N) is 1. The lowest BCUT2D eigenvalue weighted by Crippen LogP contribution is -2.39. The van der Waals surface area contributed by atoms with Crippen molar-refractivity contribution in [3.05, 3.63) is 58.6 Å². The molecule has 0 bridgehead atoms. The molecule has 0 radical (unpaired) electrons. The molecule has 0 spiro atoms. The third kappa shape index (κ3) is 5.64. The van der Waals surface area contributed by atoms with E-state index in [-0.39, 0.29) is 18.4 Å². The molecule has 2 amide bonds. The molecule has 0 saturated heterocycles. The van der Waals surface area contributed by atoms with E-state index in [4.69, 9.17) is 0 Å². The monoisotopic (exact) mass is 424 g/mol. The Labute approximate surface area is 181 Å². The number of hydrogen-bond acceptors (Lipinski definition) is 5. The lowest BCUT2D eigenvalue weighted by molar-refractivity contribution is -0.116. The van der Waals surface area contributed by atoms with Gasteiger partial charge < -0.3 is 15.1 Å². The molecule has 0 atom stereocenters. The van der Waals surface area contributed by atoms with Gasteiger partial charge in [0.2, 0.25) is 5.91 Å². The topological polar surface area (TPSA) is 65.5 Å². The summed E-state index contributed by atoms with van der Waals surface area (Å²) in [6, 6.07) is 13.6. The maximum atomic E-state index is 13.2. The summed E-state index contributed by atoms with van der Waals surface area (Å²) in [5.41, 5.74) is 1.50. The largest absolute Gasteiger partial charge is 0.329 e. The number of fused-ring (bicyclic) bond motifs is 1. The van der Waals surface area contributed by atoms with Gasteiger partial charge in [-0.15, -0.1) is 11.3 Å². The second kappa shape index (κ2) is 9.82. The molecule has 30 heavy (non-hydrogen) atoms. The Morgan fingerprint density at radius 2 is 1.77 bits per heavy atom. The van der Waals surface area contributed by atoms with Crippen LogP contribution in [0, 0.1) is 13.8 Å². The number of carbonyl (C=O) groups is 2. The predicted octanol–water partition coefficient (Wildman–Crippen LogP) is 3.95. The first-order chi connectivity index (χ1) is 14.3. The summed E-state index contributed by atoms with van der Waals surface area (Å²) in [4.78, 5) is 35.0. The van der Waals surface area contributed by atoms with E-state index in [1.807, 2.05) is 70.4 Å². The van der Waals surface area contributed by atoms with Crippen molar-refractivity contribution in [2.75, 3.05) is 39.0 Å². The van der Waals surface area contributed by atoms with Crippen molar-refractivity contribution >= 4 is 39.1 Å². The minimum absolute atomic E-state index is 0.00321. The Morgan fingerprint density at radius 3 is 2.43 bits per heavy atom. The molecule has 6 nitrogen and oxygen atoms in total. The van der Waals surface area contributed by atoms with Crippen molar-refractivity contribution in [3.8, 4) is 0 Å². The zero-order valence-corrected chi connectivity index (χ0v) is 18.8. The minimum atomic E-state index is -0.234. The number of thiazole rings is 1. The number of aryl methyl sites for hydroxylation is 2. The Balaban J connectivity index is 1.75. The van der Waals surface area contributed by atoms with Gasteiger partial charge in [-0.2, -0.15) is 0 Å². The molecule has 0 aliphatic carbocycles. The van der Waals surface area contributed by atoms with Crippen LogP contribution in [0.2, 0.25) is 0 Å². The molecule has 0 saturated carbocycles. The highest BCUT2D eigenvalue weighted by atomic mass is 32.1. The number of amides is 2. The van der Waals surface area contributed by atoms with Crippen molar-refractivity contribution in [2.24, 2.45) is 0 Å². The molecule has 0 fully saturated rings. The zero-order chi connectivity index (χ0) is 21.7. The number of hydrogen-bond donors (Lipinski definition) is 1. The second-order valence-corrected chi connectivity index (χ2v) is 8.86. The second-order valence-electron chi connectivity index (χ2n) is 7.65. The molecular weight excluding hydrogens is 396 g/mol. The SMILES string of the molecule is Cc1nc(NC(=O)CN(CCCN(C)C)C(=O)c2ccc3ccccc3c2)sc1C. The predicted molar refractivity (Wildman–Crippen MR) is 123 cm³/mol. The molecule has 1 heterocycles. The fourth-order valence-electron chi connectivity index (χ4n) is 3.19. The average molecular weight is 425 g/mol. The fourth-order valence-corrected chi connectivity index (χ4v) is 4.02. The highest BCUT2D eigenvalue weighted by molar-refractivity contribution is 7.15. The lowest BCUT2D eigenvalue weighted by Gasteiger charge is -2.23. The van der Waals surface area contributed by atoms with E-state index in [0.29, 0.717) is 17.2 Å². The number of carbonyl (C=O) groups excluding carboxylic acids is 2. The molecule has 0 aliphatic heterocycles. The first kappa shape index (κ1) is 21.9. The van der Waals surface area contributed by atoms with Gasteiger partial charge in [0.15, 0.2) is 5.13 Å². The van der Waals surface area contributed by atoms with E-state index in [1.54, 1.807) is 4.90 Å². The molecule has 7 heteroatoms. The van der Waals surface area contributed by atoms with Gasteiger partial charge >= 0.3 is 0 Å². The molecule has 3 aromatic rings. The van der Waals surface area contributed by atoms with Crippen LogP contribution in [0.25, 0.3) is 10.8 Å². The number of rotatable bonds is 8. The zero-order valence-electron chi connectivity index (χ0n) is 17.9. The lowest BCUT2D eigenvalue weighted by atomic mass is 10.1. The summed E-state index contributed by atoms with van der Waals surface area (Å²) in [5.74, 6) is -0.371. The third-order valence-corrected chi connectivity index (χ3v) is 5.91. The van der Waals surface area contributed by atoms with E-state index in [9.17, 15) is 9.59 Å². The smallest absolute Gasteiger partial charge is 0.254 e. The van der Waals surface area contributed by atoms with Gasteiger partial charge in [0.05, 0.1) is 5.69 Å². The Hall–Kier alpha value is -2.77. The van der Waals surface area contributed by atoms with Gasteiger partial charge in [-0.1, -0.05) is 30.3 Å². The van der Waals surface area contributed by atoms with Crippen LogP contribution in [0.4, 0.5) is 5.13 Å². The Bertz CT molecular complexity index is 1030. The highest BCUT2D eigenvalue weighted by Crippen LogP contribution is 2.21. The van der Waals surface area contributed by atoms with Crippen molar-refractivity contribution in [2.45, 2.75) is 20.3 Å². The van der Waals surface area contributed by atoms with E-state index in [0.717, 1.165) is 34.3 Å². The Morgan fingerprint density at radius 1 is 1.03 bits per heavy atom. The highest BCUT2D eigenvalue weighted by Gasteiger charge is 2.20. The maximum Gasteiger partial charge on any atom is 0.254 e. The van der Waals surface area contributed by atoms with Gasteiger partial charge in [-0.05, 0) is 63.8 Å². The molecule has 2 aromatic carbocycles. The number of anilines is 1. The standard InChI is InChI=1S/C23H28N4O2S/c1-16-17(2)30-23(24-16)25-21(28)15-27(13-7-12-26(3)4)22(29)20-11-10-18-8-5-6-9-19(18)14-20/h5-6,8-11,14H,7,12-13,15H2,1-4H3,(H,24,25,28). The van der Waals surface area contributed by atoms with E-state index in [1.165, 1.54) is 11.3 Å². The van der Waals surface area contributed by atoms with Crippen molar-refractivity contribution < 1.29 is 9.59 Å². The molecule has 1 N–H and O–H groups in total. The first-order valence-electron chi connectivity index (χ1n) is 10.00. The number of nitrogens with zero attached hydrogens (tertiary/aromatic N) is 3. The number of benzene rings is 2. The van der Waals surface area contributed by atoms with Crippen molar-refractivity contribution in [1.82, 2.24) is 14.8 Å². The van der Waals surface area contributed by atoms with Crippen LogP contribution in [0.1, 0.15) is 27.3 Å². The van der Waals surface area contributed by atoms with E-state index in [2.05, 4.69) is 15.2 Å². The molecular formula is C23H28N4O2S. The molecule has 0 aliphatic rings. The van der Waals surface area contributed by atoms with Crippen LogP contribution >= 0.6 is 11.3 Å². The molecule has 158 valence electrons. The van der Waals surface area contributed by atoms with Crippen molar-refractivity contribution in [3.63, 3.8) is 0 Å². The average Bonchev–Trinajstić information content (AvgIpc) is 3.02. The van der Waals surface area contributed by atoms with Gasteiger partial charge in [-0.3, -0.25) is 9.59 Å². The van der Waals surface area contributed by atoms with Crippen LogP contribution in [0.15, 0.2) is 42.5 Å². The quantitative estimate of drug-likeness (QED) is 0.595. The summed E-state index contributed by atoms with van der Waals surface area (Å²) in [5, 5.41) is 5.50. The van der Waals surface area contributed by atoms with Gasteiger partial charge in [0, 0.05) is 17.0 Å². The first-order valence-corrected chi connectivity index (χ1v) is 10.8. The molecule has 1 aromatic heterocycles. The number of aromatic nitrogens is 1. The van der Waals surface area contributed by atoms with Crippen LogP contribution in [-0.4, -0.2) is 60.3 Å². The van der Waals surface area contributed by atoms with Crippen molar-refractivity contribution in [1.29, 1.82) is 0 Å². The summed E-state index contributed by atoms with van der Waals surface area (Å²) in [6.07, 6.45) is 0.787. The molecule has 0 unspecified atom stereocenters. The Kier molecular flexibility index (Phi) is 7.18. The van der Waals surface area contributed by atoms with Gasteiger partial charge in [-0.25, -0.2) is 4.98 Å². The van der Waals surface area contributed by atoms with Crippen LogP contribution in [0.3, 0.4) is 0 Å². The van der Waals surface area contributed by atoms with Crippen LogP contribution in [0.5, 0.6) is 0 Å². The van der Waals surface area contributed by atoms with Gasteiger partial charge in [0.1, 0.15) is 6.54 Å². The van der Waals surface area contributed by atoms with Crippen LogP contribution < -0.4 is 5.32 Å². The van der Waals surface area contributed by atoms with Gasteiger partial charge in [0.25, 0.3) is 5.91 Å². The summed E-state index contributed by atoms with van der Waals surface area (Å²) < 4.78 is 0. The third-order valence-electron chi connectivity index (χ3n) is 4.93.